The van der Waals surface area contributed by atoms with E-state index in [1.54, 1.807) is 0 Å². The first-order valence-corrected chi connectivity index (χ1v) is 5.40. The van der Waals surface area contributed by atoms with E-state index < -0.39 is 17.0 Å². The number of nitrogens with zero attached hydrogens (tertiary/aromatic N) is 1. The molecule has 0 fully saturated rings. The lowest BCUT2D eigenvalue weighted by molar-refractivity contribution is -0.137. The first-order chi connectivity index (χ1) is 7.45. The Morgan fingerprint density at radius 2 is 2.25 bits per heavy atom. The van der Waals surface area contributed by atoms with Gasteiger partial charge in [0.2, 0.25) is 0 Å². The molecule has 0 bridgehead atoms. The average molecular weight is 253 g/mol. The Labute approximate surface area is 94.3 Å². The van der Waals surface area contributed by atoms with Gasteiger partial charge >= 0.3 is 6.18 Å². The Bertz CT molecular complexity index is 362. The zero-order valence-corrected chi connectivity index (χ0v) is 9.32. The van der Waals surface area contributed by atoms with E-state index in [0.29, 0.717) is 17.9 Å². The zero-order valence-electron chi connectivity index (χ0n) is 8.50. The Balaban J connectivity index is 2.60. The van der Waals surface area contributed by atoms with Gasteiger partial charge in [0.1, 0.15) is 6.61 Å². The van der Waals surface area contributed by atoms with Gasteiger partial charge in [-0.1, -0.05) is 6.92 Å². The van der Waals surface area contributed by atoms with Gasteiger partial charge in [-0.2, -0.15) is 13.2 Å². The van der Waals surface area contributed by atoms with E-state index in [1.807, 2.05) is 6.92 Å². The topological polar surface area (TPSA) is 39.2 Å². The molecule has 1 aromatic rings. The molecule has 0 amide bonds. The van der Waals surface area contributed by atoms with E-state index in [4.69, 9.17) is 4.74 Å². The molecule has 7 heteroatoms. The molecular weight excluding hydrogens is 243 g/mol. The predicted octanol–water partition coefficient (Wildman–Crippen LogP) is 2.77. The molecule has 0 spiro atoms. The van der Waals surface area contributed by atoms with Crippen LogP contribution >= 0.6 is 11.3 Å². The van der Waals surface area contributed by atoms with E-state index in [-0.39, 0.29) is 11.5 Å². The Hall–Kier alpha value is -0.950. The summed E-state index contributed by atoms with van der Waals surface area (Å²) in [5, 5.41) is -1.01. The van der Waals surface area contributed by atoms with Crippen LogP contribution in [0.3, 0.4) is 0 Å². The first-order valence-electron chi connectivity index (χ1n) is 4.59. The number of rotatable bonds is 5. The number of ketones is 1. The van der Waals surface area contributed by atoms with Gasteiger partial charge in [0, 0.05) is 12.8 Å². The second-order valence-electron chi connectivity index (χ2n) is 3.00. The third-order valence-corrected chi connectivity index (χ3v) is 2.69. The number of carbonyl (C=O) groups is 1. The maximum atomic E-state index is 12.2. The lowest BCUT2D eigenvalue weighted by Crippen LogP contribution is -2.08. The minimum absolute atomic E-state index is 0.0246. The molecule has 1 aromatic heterocycles. The van der Waals surface area contributed by atoms with Gasteiger partial charge in [-0.25, -0.2) is 4.98 Å². The molecule has 0 aromatic carbocycles. The molecule has 1 heterocycles. The third kappa shape index (κ3) is 3.57. The van der Waals surface area contributed by atoms with Gasteiger partial charge in [0.25, 0.3) is 0 Å². The van der Waals surface area contributed by atoms with Gasteiger partial charge in [0.15, 0.2) is 10.8 Å². The van der Waals surface area contributed by atoms with E-state index in [1.165, 1.54) is 0 Å². The molecule has 0 N–H and O–H groups in total. The van der Waals surface area contributed by atoms with Crippen molar-refractivity contribution in [3.05, 3.63) is 16.1 Å². The minimum Gasteiger partial charge on any atom is -0.373 e. The van der Waals surface area contributed by atoms with Crippen molar-refractivity contribution in [1.82, 2.24) is 4.98 Å². The van der Waals surface area contributed by atoms with Crippen LogP contribution in [0.5, 0.6) is 0 Å². The number of hydrogen-bond donors (Lipinski definition) is 0. The van der Waals surface area contributed by atoms with Gasteiger partial charge in [-0.3, -0.25) is 4.79 Å². The number of ether oxygens (including phenoxy) is 1. The van der Waals surface area contributed by atoms with Gasteiger partial charge in [-0.05, 0) is 6.42 Å². The summed E-state index contributed by atoms with van der Waals surface area (Å²) < 4.78 is 41.5. The van der Waals surface area contributed by atoms with Crippen LogP contribution < -0.4 is 0 Å². The summed E-state index contributed by atoms with van der Waals surface area (Å²) in [6.45, 7) is 2.09. The van der Waals surface area contributed by atoms with E-state index in [0.717, 1.165) is 12.6 Å². The van der Waals surface area contributed by atoms with Crippen LogP contribution in [0.4, 0.5) is 13.2 Å². The summed E-state index contributed by atoms with van der Waals surface area (Å²) in [5.74, 6) is -0.471. The van der Waals surface area contributed by atoms with Crippen molar-refractivity contribution < 1.29 is 22.7 Å². The van der Waals surface area contributed by atoms with Gasteiger partial charge in [0.05, 0.1) is 4.88 Å². The summed E-state index contributed by atoms with van der Waals surface area (Å²) in [7, 11) is 0. The highest BCUT2D eigenvalue weighted by Gasteiger charge is 2.35. The second kappa shape index (κ2) is 5.40. The van der Waals surface area contributed by atoms with Crippen LogP contribution in [0, 0.1) is 0 Å². The SMILES string of the molecule is CCCOCC(=O)c1cnc(C(F)(F)F)s1. The summed E-state index contributed by atoms with van der Waals surface area (Å²) in [6.07, 6.45) is -2.80. The number of alkyl halides is 3. The monoisotopic (exact) mass is 253 g/mol. The lowest BCUT2D eigenvalue weighted by Gasteiger charge is -2.00. The lowest BCUT2D eigenvalue weighted by atomic mass is 10.4. The zero-order chi connectivity index (χ0) is 12.2. The smallest absolute Gasteiger partial charge is 0.373 e. The summed E-state index contributed by atoms with van der Waals surface area (Å²) >= 11 is 0.340. The highest BCUT2D eigenvalue weighted by Crippen LogP contribution is 2.32. The van der Waals surface area contributed by atoms with E-state index in [9.17, 15) is 18.0 Å². The molecule has 3 nitrogen and oxygen atoms in total. The van der Waals surface area contributed by atoms with Crippen LogP contribution in [0.1, 0.15) is 28.0 Å². The molecule has 0 radical (unpaired) electrons. The number of halogens is 3. The molecule has 90 valence electrons. The fourth-order valence-corrected chi connectivity index (χ4v) is 1.62. The first kappa shape index (κ1) is 13.1. The van der Waals surface area contributed by atoms with E-state index in [2.05, 4.69) is 4.98 Å². The summed E-state index contributed by atoms with van der Waals surface area (Å²) in [4.78, 5) is 14.5. The highest BCUT2D eigenvalue weighted by molar-refractivity contribution is 7.13. The number of carbonyl (C=O) groups excluding carboxylic acids is 1. The Morgan fingerprint density at radius 1 is 1.56 bits per heavy atom. The summed E-state index contributed by atoms with van der Waals surface area (Å²) in [6, 6.07) is 0. The average Bonchev–Trinajstić information content (AvgIpc) is 2.66. The van der Waals surface area contributed by atoms with Crippen molar-refractivity contribution in [2.24, 2.45) is 0 Å². The van der Waals surface area contributed by atoms with Crippen molar-refractivity contribution in [1.29, 1.82) is 0 Å². The molecule has 0 aliphatic carbocycles. The molecule has 0 atom stereocenters. The standard InChI is InChI=1S/C9H10F3NO2S/c1-2-3-15-5-6(14)7-4-13-8(16-7)9(10,11)12/h4H,2-3,5H2,1H3. The van der Waals surface area contributed by atoms with Crippen molar-refractivity contribution in [3.63, 3.8) is 0 Å². The maximum Gasteiger partial charge on any atom is 0.443 e. The van der Waals surface area contributed by atoms with Crippen molar-refractivity contribution in [2.45, 2.75) is 19.5 Å². The Morgan fingerprint density at radius 3 is 2.75 bits per heavy atom. The molecule has 16 heavy (non-hydrogen) atoms. The fourth-order valence-electron chi connectivity index (χ4n) is 0.914. The summed E-state index contributed by atoms with van der Waals surface area (Å²) in [5.41, 5.74) is 0. The van der Waals surface area contributed by atoms with E-state index >= 15 is 0 Å². The van der Waals surface area contributed by atoms with Crippen molar-refractivity contribution in [2.75, 3.05) is 13.2 Å². The molecule has 0 saturated heterocycles. The highest BCUT2D eigenvalue weighted by atomic mass is 32.1. The molecule has 0 unspecified atom stereocenters. The van der Waals surface area contributed by atoms with Crippen LogP contribution in [0.2, 0.25) is 0 Å². The van der Waals surface area contributed by atoms with Gasteiger partial charge in [-0.15, -0.1) is 11.3 Å². The number of Topliss-reactive ketones (excluding diaryl/α,β-unsaturated/α-hetero) is 1. The molecule has 0 aliphatic rings. The minimum atomic E-state index is -4.49. The van der Waals surface area contributed by atoms with Crippen LogP contribution in [-0.2, 0) is 10.9 Å². The van der Waals surface area contributed by atoms with Crippen LogP contribution in [0.25, 0.3) is 0 Å². The maximum absolute atomic E-state index is 12.2. The second-order valence-corrected chi connectivity index (χ2v) is 4.03. The largest absolute Gasteiger partial charge is 0.443 e. The van der Waals surface area contributed by atoms with Crippen LogP contribution in [0.15, 0.2) is 6.20 Å². The predicted molar refractivity (Wildman–Crippen MR) is 52.6 cm³/mol. The van der Waals surface area contributed by atoms with Crippen LogP contribution in [-0.4, -0.2) is 24.0 Å². The van der Waals surface area contributed by atoms with Gasteiger partial charge < -0.3 is 4.74 Å². The number of aromatic nitrogens is 1. The molecular formula is C9H10F3NO2S. The molecule has 1 rings (SSSR count). The fraction of sp³-hybridized carbons (Fsp3) is 0.556. The van der Waals surface area contributed by atoms with Crippen molar-refractivity contribution in [3.8, 4) is 0 Å². The third-order valence-electron chi connectivity index (χ3n) is 1.60. The normalized spacial score (nSPS) is 11.8. The van der Waals surface area contributed by atoms with Crippen molar-refractivity contribution >= 4 is 17.1 Å². The Kier molecular flexibility index (Phi) is 4.43. The molecule has 0 aliphatic heterocycles. The quantitative estimate of drug-likeness (QED) is 0.598. The number of thiazole rings is 1. The number of hydrogen-bond acceptors (Lipinski definition) is 4. The molecule has 0 saturated carbocycles.